The fraction of sp³-hybridized carbons (Fsp3) is 0.462. The molecule has 0 spiro atoms. The normalized spacial score (nSPS) is 14.4. The molecule has 94 valence electrons. The average Bonchev–Trinajstić information content (AvgIpc) is 2.28. The number of aliphatic hydroxyl groups excluding tert-OH is 1. The molecule has 1 unspecified atom stereocenters. The van der Waals surface area contributed by atoms with Crippen molar-refractivity contribution in [2.45, 2.75) is 38.5 Å². The number of nitrogens with two attached hydrogens (primary N) is 1. The largest absolute Gasteiger partial charge is 0.461 e. The number of carbonyl (C=O) groups excluding carboxylic acids is 1. The Morgan fingerprint density at radius 3 is 2.47 bits per heavy atom. The first-order chi connectivity index (χ1) is 8.00. The van der Waals surface area contributed by atoms with Gasteiger partial charge in [-0.2, -0.15) is 0 Å². The number of hydrogen-bond acceptors (Lipinski definition) is 4. The van der Waals surface area contributed by atoms with E-state index in [0.29, 0.717) is 6.42 Å². The number of aliphatic hydroxyl groups is 1. The van der Waals surface area contributed by atoms with Crippen LogP contribution in [0.1, 0.15) is 19.4 Å². The summed E-state index contributed by atoms with van der Waals surface area (Å²) in [7, 11) is 0. The van der Waals surface area contributed by atoms with Gasteiger partial charge in [-0.05, 0) is 25.8 Å². The number of hydrogen-bond donors (Lipinski definition) is 2. The molecular weight excluding hydrogens is 218 g/mol. The van der Waals surface area contributed by atoms with Crippen LogP contribution in [0.3, 0.4) is 0 Å². The molecule has 4 nitrogen and oxygen atoms in total. The zero-order valence-corrected chi connectivity index (χ0v) is 10.2. The quantitative estimate of drug-likeness (QED) is 0.745. The molecular formula is C13H19NO3. The molecule has 1 rings (SSSR count). The number of esters is 1. The van der Waals surface area contributed by atoms with Crippen LogP contribution < -0.4 is 5.73 Å². The van der Waals surface area contributed by atoms with Crippen LogP contribution in [0, 0.1) is 0 Å². The summed E-state index contributed by atoms with van der Waals surface area (Å²) in [5, 5.41) is 9.70. The van der Waals surface area contributed by atoms with E-state index in [1.54, 1.807) is 13.8 Å². The van der Waals surface area contributed by atoms with Crippen molar-refractivity contribution >= 4 is 5.97 Å². The van der Waals surface area contributed by atoms with E-state index in [1.165, 1.54) is 0 Å². The maximum Gasteiger partial charge on any atom is 0.336 e. The van der Waals surface area contributed by atoms with Crippen molar-refractivity contribution in [1.29, 1.82) is 0 Å². The molecule has 0 radical (unpaired) electrons. The van der Waals surface area contributed by atoms with Gasteiger partial charge in [0.05, 0.1) is 6.10 Å². The zero-order valence-electron chi connectivity index (χ0n) is 10.2. The van der Waals surface area contributed by atoms with Crippen LogP contribution in [-0.4, -0.2) is 29.3 Å². The summed E-state index contributed by atoms with van der Waals surface area (Å²) < 4.78 is 4.90. The van der Waals surface area contributed by atoms with Crippen molar-refractivity contribution in [3.8, 4) is 0 Å². The Morgan fingerprint density at radius 1 is 1.35 bits per heavy atom. The number of ether oxygens (including phenoxy) is 1. The first-order valence-electron chi connectivity index (χ1n) is 5.68. The maximum absolute atomic E-state index is 11.4. The Balaban J connectivity index is 2.52. The molecule has 3 N–H and O–H groups in total. The van der Waals surface area contributed by atoms with Gasteiger partial charge < -0.3 is 15.6 Å². The van der Waals surface area contributed by atoms with E-state index in [-0.39, 0.29) is 6.10 Å². The van der Waals surface area contributed by atoms with E-state index in [2.05, 4.69) is 0 Å². The van der Waals surface area contributed by atoms with E-state index >= 15 is 0 Å². The predicted octanol–water partition coefficient (Wildman–Crippen LogP) is 0.869. The Kier molecular flexibility index (Phi) is 5.12. The van der Waals surface area contributed by atoms with E-state index in [0.717, 1.165) is 5.56 Å². The highest BCUT2D eigenvalue weighted by molar-refractivity contribution is 5.75. The predicted molar refractivity (Wildman–Crippen MR) is 65.4 cm³/mol. The minimum atomic E-state index is -1.28. The average molecular weight is 237 g/mol. The summed E-state index contributed by atoms with van der Waals surface area (Å²) in [6, 6.07) is 8.84. The maximum atomic E-state index is 11.4. The van der Waals surface area contributed by atoms with Crippen molar-refractivity contribution in [2.75, 3.05) is 0 Å². The van der Waals surface area contributed by atoms with Gasteiger partial charge in [0.1, 0.15) is 0 Å². The van der Waals surface area contributed by atoms with Gasteiger partial charge in [-0.25, -0.2) is 4.79 Å². The van der Waals surface area contributed by atoms with Gasteiger partial charge in [0.15, 0.2) is 6.10 Å². The highest BCUT2D eigenvalue weighted by Gasteiger charge is 2.25. The SMILES string of the molecule is CC(C)OC(=O)C(O)[C@@H](N)Cc1ccccc1. The smallest absolute Gasteiger partial charge is 0.336 e. The van der Waals surface area contributed by atoms with Gasteiger partial charge in [0, 0.05) is 6.04 Å². The summed E-state index contributed by atoms with van der Waals surface area (Å²) in [4.78, 5) is 11.4. The number of carbonyl (C=O) groups is 1. The summed E-state index contributed by atoms with van der Waals surface area (Å²) in [6.45, 7) is 3.46. The van der Waals surface area contributed by atoms with E-state index in [4.69, 9.17) is 10.5 Å². The molecule has 0 heterocycles. The summed E-state index contributed by atoms with van der Waals surface area (Å²) >= 11 is 0. The highest BCUT2D eigenvalue weighted by atomic mass is 16.6. The molecule has 0 aliphatic rings. The summed E-state index contributed by atoms with van der Waals surface area (Å²) in [5.41, 5.74) is 6.76. The molecule has 0 bridgehead atoms. The molecule has 0 saturated heterocycles. The Hall–Kier alpha value is -1.39. The zero-order chi connectivity index (χ0) is 12.8. The summed E-state index contributed by atoms with van der Waals surface area (Å²) in [5.74, 6) is -0.663. The molecule has 17 heavy (non-hydrogen) atoms. The first-order valence-corrected chi connectivity index (χ1v) is 5.68. The van der Waals surface area contributed by atoms with Crippen LogP contribution in [-0.2, 0) is 16.0 Å². The molecule has 0 amide bonds. The lowest BCUT2D eigenvalue weighted by molar-refractivity contribution is -0.158. The number of benzene rings is 1. The van der Waals surface area contributed by atoms with Crippen molar-refractivity contribution in [2.24, 2.45) is 5.73 Å². The van der Waals surface area contributed by atoms with Crippen LogP contribution in [0.15, 0.2) is 30.3 Å². The Bertz CT molecular complexity index is 351. The first kappa shape index (κ1) is 13.7. The minimum Gasteiger partial charge on any atom is -0.461 e. The number of rotatable bonds is 5. The Labute approximate surface area is 101 Å². The summed E-state index contributed by atoms with van der Waals surface area (Å²) in [6.07, 6.45) is -1.09. The topological polar surface area (TPSA) is 72.5 Å². The third-order valence-electron chi connectivity index (χ3n) is 2.31. The van der Waals surface area contributed by atoms with Crippen LogP contribution in [0.2, 0.25) is 0 Å². The molecule has 2 atom stereocenters. The van der Waals surface area contributed by atoms with Crippen LogP contribution in [0.25, 0.3) is 0 Å². The van der Waals surface area contributed by atoms with Gasteiger partial charge in [0.25, 0.3) is 0 Å². The fourth-order valence-electron chi connectivity index (χ4n) is 1.47. The third-order valence-corrected chi connectivity index (χ3v) is 2.31. The standard InChI is InChI=1S/C13H19NO3/c1-9(2)17-13(16)12(15)11(14)8-10-6-4-3-5-7-10/h3-7,9,11-12,15H,8,14H2,1-2H3/t11-,12?/m0/s1. The lowest BCUT2D eigenvalue weighted by atomic mass is 10.0. The van der Waals surface area contributed by atoms with Crippen LogP contribution in [0.4, 0.5) is 0 Å². The van der Waals surface area contributed by atoms with Gasteiger partial charge in [0.2, 0.25) is 0 Å². The van der Waals surface area contributed by atoms with Gasteiger partial charge >= 0.3 is 5.97 Å². The van der Waals surface area contributed by atoms with E-state index in [9.17, 15) is 9.90 Å². The second kappa shape index (κ2) is 6.37. The van der Waals surface area contributed by atoms with Crippen molar-refractivity contribution in [3.05, 3.63) is 35.9 Å². The van der Waals surface area contributed by atoms with Crippen LogP contribution >= 0.6 is 0 Å². The molecule has 0 aliphatic carbocycles. The Morgan fingerprint density at radius 2 is 1.94 bits per heavy atom. The molecule has 0 aromatic heterocycles. The second-order valence-corrected chi connectivity index (χ2v) is 4.28. The van der Waals surface area contributed by atoms with Crippen molar-refractivity contribution in [1.82, 2.24) is 0 Å². The minimum absolute atomic E-state index is 0.249. The lowest BCUT2D eigenvalue weighted by Crippen LogP contribution is -2.43. The second-order valence-electron chi connectivity index (χ2n) is 4.28. The molecule has 0 saturated carbocycles. The monoisotopic (exact) mass is 237 g/mol. The van der Waals surface area contributed by atoms with E-state index in [1.807, 2.05) is 30.3 Å². The van der Waals surface area contributed by atoms with Gasteiger partial charge in [-0.1, -0.05) is 30.3 Å². The molecule has 0 aliphatic heterocycles. The van der Waals surface area contributed by atoms with E-state index < -0.39 is 18.1 Å². The third kappa shape index (κ3) is 4.54. The molecule has 1 aromatic carbocycles. The van der Waals surface area contributed by atoms with Crippen LogP contribution in [0.5, 0.6) is 0 Å². The fourth-order valence-corrected chi connectivity index (χ4v) is 1.47. The highest BCUT2D eigenvalue weighted by Crippen LogP contribution is 2.06. The molecule has 0 fully saturated rings. The van der Waals surface area contributed by atoms with Gasteiger partial charge in [-0.15, -0.1) is 0 Å². The lowest BCUT2D eigenvalue weighted by Gasteiger charge is -2.19. The van der Waals surface area contributed by atoms with Crippen molar-refractivity contribution in [3.63, 3.8) is 0 Å². The molecule has 4 heteroatoms. The molecule has 1 aromatic rings. The van der Waals surface area contributed by atoms with Gasteiger partial charge in [-0.3, -0.25) is 0 Å². The van der Waals surface area contributed by atoms with Crippen molar-refractivity contribution < 1.29 is 14.6 Å².